The number of benzene rings is 1. The maximum Gasteiger partial charge on any atom is 0.328 e. The first-order valence-corrected chi connectivity index (χ1v) is 7.21. The van der Waals surface area contributed by atoms with E-state index in [4.69, 9.17) is 0 Å². The first kappa shape index (κ1) is 13.5. The van der Waals surface area contributed by atoms with E-state index < -0.39 is 11.9 Å². The number of aromatic nitrogens is 2. The molecule has 108 valence electrons. The number of urea groups is 1. The summed E-state index contributed by atoms with van der Waals surface area (Å²) in [6.07, 6.45) is 0.385. The number of carboxylic acid groups (broad SMARTS) is 1. The van der Waals surface area contributed by atoms with Crippen molar-refractivity contribution in [1.29, 1.82) is 0 Å². The molecule has 1 aromatic heterocycles. The summed E-state index contributed by atoms with van der Waals surface area (Å²) in [6.45, 7) is 0.346. The third kappa shape index (κ3) is 2.57. The van der Waals surface area contributed by atoms with E-state index in [0.717, 1.165) is 0 Å². The van der Waals surface area contributed by atoms with Crippen LogP contribution in [0.15, 0.2) is 29.8 Å². The second-order valence-electron chi connectivity index (χ2n) is 4.56. The van der Waals surface area contributed by atoms with Crippen molar-refractivity contribution in [3.63, 3.8) is 0 Å². The molecule has 1 unspecified atom stereocenters. The Balaban J connectivity index is 1.89. The lowest BCUT2D eigenvalue weighted by Gasteiger charge is -2.32. The molecule has 7 nitrogen and oxygen atoms in total. The second-order valence-corrected chi connectivity index (χ2v) is 5.40. The summed E-state index contributed by atoms with van der Waals surface area (Å²) in [4.78, 5) is 25.2. The van der Waals surface area contributed by atoms with Gasteiger partial charge in [0.2, 0.25) is 5.13 Å². The number of carboxylic acids is 1. The van der Waals surface area contributed by atoms with Crippen LogP contribution < -0.4 is 10.2 Å². The van der Waals surface area contributed by atoms with Crippen LogP contribution in [0.4, 0.5) is 15.6 Å². The molecule has 2 N–H and O–H groups in total. The van der Waals surface area contributed by atoms with Crippen molar-refractivity contribution in [3.8, 4) is 0 Å². The molecule has 1 aliphatic rings. The number of hydrogen-bond acceptors (Lipinski definition) is 5. The Hall–Kier alpha value is -2.48. The van der Waals surface area contributed by atoms with Gasteiger partial charge in [0.05, 0.1) is 5.92 Å². The average Bonchev–Trinajstić information content (AvgIpc) is 2.98. The van der Waals surface area contributed by atoms with Crippen LogP contribution in [0, 0.1) is 0 Å². The monoisotopic (exact) mass is 304 g/mol. The number of aliphatic carboxylic acids is 1. The number of anilines is 2. The van der Waals surface area contributed by atoms with Crippen molar-refractivity contribution < 1.29 is 14.7 Å². The summed E-state index contributed by atoms with van der Waals surface area (Å²) in [5.41, 5.74) is 2.81. The molecule has 0 saturated carbocycles. The predicted molar refractivity (Wildman–Crippen MR) is 77.7 cm³/mol. The largest absolute Gasteiger partial charge is 0.481 e. The van der Waals surface area contributed by atoms with Crippen molar-refractivity contribution in [2.24, 2.45) is 0 Å². The number of fused-ring (bicyclic) bond motifs is 1. The number of carbonyl (C=O) groups excluding carboxylic acids is 1. The van der Waals surface area contributed by atoms with Gasteiger partial charge in [-0.05, 0) is 18.1 Å². The van der Waals surface area contributed by atoms with Gasteiger partial charge in [0.15, 0.2) is 0 Å². The minimum atomic E-state index is -0.869. The van der Waals surface area contributed by atoms with Crippen LogP contribution in [-0.2, 0) is 4.79 Å². The van der Waals surface area contributed by atoms with Gasteiger partial charge in [-0.1, -0.05) is 29.5 Å². The second kappa shape index (κ2) is 5.49. The zero-order valence-electron chi connectivity index (χ0n) is 10.9. The van der Waals surface area contributed by atoms with Gasteiger partial charge >= 0.3 is 12.0 Å². The van der Waals surface area contributed by atoms with E-state index in [0.29, 0.717) is 29.3 Å². The van der Waals surface area contributed by atoms with Crippen LogP contribution in [0.5, 0.6) is 0 Å². The molecular formula is C13H12N4O3S. The first-order chi connectivity index (χ1) is 10.2. The smallest absolute Gasteiger partial charge is 0.328 e. The quantitative estimate of drug-likeness (QED) is 0.886. The van der Waals surface area contributed by atoms with E-state index in [1.165, 1.54) is 21.7 Å². The summed E-state index contributed by atoms with van der Waals surface area (Å²) >= 11 is 1.23. The Morgan fingerprint density at radius 3 is 2.90 bits per heavy atom. The highest BCUT2D eigenvalue weighted by Gasteiger charge is 2.32. The summed E-state index contributed by atoms with van der Waals surface area (Å²) in [7, 11) is 0. The minimum absolute atomic E-state index is 0.331. The number of amides is 2. The van der Waals surface area contributed by atoms with Crippen molar-refractivity contribution >= 4 is 34.2 Å². The predicted octanol–water partition coefficient (Wildman–Crippen LogP) is 2.15. The molecule has 1 aromatic carbocycles. The van der Waals surface area contributed by atoms with Gasteiger partial charge in [0, 0.05) is 12.2 Å². The van der Waals surface area contributed by atoms with Crippen molar-refractivity contribution in [3.05, 3.63) is 35.3 Å². The van der Waals surface area contributed by atoms with Crippen molar-refractivity contribution in [1.82, 2.24) is 10.2 Å². The lowest BCUT2D eigenvalue weighted by Crippen LogP contribution is -2.40. The molecule has 2 heterocycles. The van der Waals surface area contributed by atoms with E-state index in [-0.39, 0.29) is 6.03 Å². The van der Waals surface area contributed by atoms with Gasteiger partial charge < -0.3 is 5.11 Å². The van der Waals surface area contributed by atoms with Gasteiger partial charge in [0.25, 0.3) is 0 Å². The first-order valence-electron chi connectivity index (χ1n) is 6.33. The van der Waals surface area contributed by atoms with Crippen molar-refractivity contribution in [2.45, 2.75) is 12.3 Å². The number of carbonyl (C=O) groups is 2. The highest BCUT2D eigenvalue weighted by atomic mass is 32.1. The van der Waals surface area contributed by atoms with Crippen LogP contribution >= 0.6 is 11.3 Å². The zero-order chi connectivity index (χ0) is 14.8. The van der Waals surface area contributed by atoms with E-state index in [1.807, 2.05) is 0 Å². The molecule has 0 fully saturated rings. The van der Waals surface area contributed by atoms with Gasteiger partial charge in [-0.15, -0.1) is 10.2 Å². The summed E-state index contributed by atoms with van der Waals surface area (Å²) < 4.78 is 0. The maximum atomic E-state index is 12.3. The van der Waals surface area contributed by atoms with Crippen molar-refractivity contribution in [2.75, 3.05) is 16.8 Å². The van der Waals surface area contributed by atoms with Crippen LogP contribution in [0.2, 0.25) is 0 Å². The molecule has 0 bridgehead atoms. The highest BCUT2D eigenvalue weighted by molar-refractivity contribution is 7.13. The lowest BCUT2D eigenvalue weighted by atomic mass is 9.90. The Bertz CT molecular complexity index is 674. The third-order valence-electron chi connectivity index (χ3n) is 3.36. The third-order valence-corrected chi connectivity index (χ3v) is 3.97. The Kier molecular flexibility index (Phi) is 3.53. The summed E-state index contributed by atoms with van der Waals surface area (Å²) in [6, 6.07) is 6.74. The van der Waals surface area contributed by atoms with Gasteiger partial charge in [0.1, 0.15) is 5.51 Å². The van der Waals surface area contributed by atoms with E-state index in [2.05, 4.69) is 15.5 Å². The molecule has 1 aliphatic heterocycles. The van der Waals surface area contributed by atoms with Gasteiger partial charge in [-0.25, -0.2) is 4.79 Å². The SMILES string of the molecule is O=C(O)C1CCN(C(=O)Nc2nncs2)c2ccccc21. The Morgan fingerprint density at radius 2 is 2.19 bits per heavy atom. The molecule has 2 amide bonds. The molecule has 3 rings (SSSR count). The van der Waals surface area contributed by atoms with E-state index in [9.17, 15) is 14.7 Å². The van der Waals surface area contributed by atoms with Gasteiger partial charge in [-0.3, -0.25) is 15.0 Å². The van der Waals surface area contributed by atoms with Crippen LogP contribution in [-0.4, -0.2) is 33.8 Å². The molecule has 8 heteroatoms. The molecule has 0 aliphatic carbocycles. The number of hydrogen-bond donors (Lipinski definition) is 2. The van der Waals surface area contributed by atoms with Crippen LogP contribution in [0.1, 0.15) is 17.9 Å². The Morgan fingerprint density at radius 1 is 1.38 bits per heavy atom. The molecule has 2 aromatic rings. The van der Waals surface area contributed by atoms with Crippen LogP contribution in [0.25, 0.3) is 0 Å². The number of rotatable bonds is 2. The molecule has 0 saturated heterocycles. The summed E-state index contributed by atoms with van der Waals surface area (Å²) in [5.74, 6) is -1.45. The number of nitrogens with zero attached hydrogens (tertiary/aromatic N) is 3. The molecule has 0 spiro atoms. The molecule has 1 atom stereocenters. The molecular weight excluding hydrogens is 292 g/mol. The fourth-order valence-electron chi connectivity index (χ4n) is 2.42. The Labute approximate surface area is 124 Å². The number of para-hydroxylation sites is 1. The fourth-order valence-corrected chi connectivity index (χ4v) is 2.85. The van der Waals surface area contributed by atoms with Gasteiger partial charge in [-0.2, -0.15) is 0 Å². The standard InChI is InChI=1S/C13H12N4O3S/c18-11(19)9-5-6-17(10-4-2-1-3-8(9)10)13(20)15-12-16-14-7-21-12/h1-4,7,9H,5-6H2,(H,18,19)(H,15,16,20). The normalized spacial score (nSPS) is 17.1. The minimum Gasteiger partial charge on any atom is -0.481 e. The number of nitrogens with one attached hydrogen (secondary N) is 1. The highest BCUT2D eigenvalue weighted by Crippen LogP contribution is 2.35. The van der Waals surface area contributed by atoms with Crippen LogP contribution in [0.3, 0.4) is 0 Å². The fraction of sp³-hybridized carbons (Fsp3) is 0.231. The van der Waals surface area contributed by atoms with E-state index >= 15 is 0 Å². The molecule has 0 radical (unpaired) electrons. The molecule has 21 heavy (non-hydrogen) atoms. The maximum absolute atomic E-state index is 12.3. The zero-order valence-corrected chi connectivity index (χ0v) is 11.7. The topological polar surface area (TPSA) is 95.4 Å². The lowest BCUT2D eigenvalue weighted by molar-refractivity contribution is -0.139. The van der Waals surface area contributed by atoms with E-state index in [1.54, 1.807) is 24.3 Å². The average molecular weight is 304 g/mol. The summed E-state index contributed by atoms with van der Waals surface area (Å²) in [5, 5.41) is 19.8.